The molecule has 2 aromatic rings. The van der Waals surface area contributed by atoms with E-state index in [0.717, 1.165) is 31.6 Å². The van der Waals surface area contributed by atoms with Crippen LogP contribution in [0.25, 0.3) is 5.69 Å². The van der Waals surface area contributed by atoms with Crippen molar-refractivity contribution in [3.8, 4) is 5.69 Å². The zero-order valence-corrected chi connectivity index (χ0v) is 10.9. The minimum Gasteiger partial charge on any atom is -0.393 e. The quantitative estimate of drug-likeness (QED) is 0.857. The maximum atomic E-state index is 9.22. The molecule has 0 atom stereocenters. The summed E-state index contributed by atoms with van der Waals surface area (Å²) in [6.45, 7) is 1.81. The van der Waals surface area contributed by atoms with Crippen molar-refractivity contribution in [1.29, 1.82) is 0 Å². The lowest BCUT2D eigenvalue weighted by Crippen LogP contribution is -2.35. The van der Waals surface area contributed by atoms with Crippen molar-refractivity contribution >= 4 is 0 Å². The smallest absolute Gasteiger partial charge is 0.0645 e. The number of aromatic nitrogens is 2. The van der Waals surface area contributed by atoms with Gasteiger partial charge in [-0.1, -0.05) is 18.2 Å². The second-order valence-electron chi connectivity index (χ2n) is 5.25. The molecule has 0 saturated heterocycles. The van der Waals surface area contributed by atoms with Crippen molar-refractivity contribution in [3.05, 3.63) is 48.3 Å². The van der Waals surface area contributed by atoms with Crippen LogP contribution in [0.2, 0.25) is 0 Å². The van der Waals surface area contributed by atoms with Crippen LogP contribution < -0.4 is 5.32 Å². The lowest BCUT2D eigenvalue weighted by atomic mass is 9.82. The molecule has 0 bridgehead atoms. The van der Waals surface area contributed by atoms with Crippen LogP contribution in [0.5, 0.6) is 0 Å². The molecule has 1 saturated carbocycles. The number of benzene rings is 1. The van der Waals surface area contributed by atoms with Gasteiger partial charge in [0.1, 0.15) is 0 Å². The van der Waals surface area contributed by atoms with Crippen LogP contribution in [0.1, 0.15) is 18.4 Å². The topological polar surface area (TPSA) is 50.1 Å². The lowest BCUT2D eigenvalue weighted by molar-refractivity contribution is 0.0430. The molecule has 100 valence electrons. The van der Waals surface area contributed by atoms with E-state index in [4.69, 9.17) is 0 Å². The van der Waals surface area contributed by atoms with E-state index in [2.05, 4.69) is 16.6 Å². The average Bonchev–Trinajstić information content (AvgIpc) is 2.86. The largest absolute Gasteiger partial charge is 0.393 e. The normalized spacial score (nSPS) is 22.2. The van der Waals surface area contributed by atoms with Gasteiger partial charge in [-0.05, 0) is 37.4 Å². The first-order valence-electron chi connectivity index (χ1n) is 6.79. The maximum absolute atomic E-state index is 9.22. The maximum Gasteiger partial charge on any atom is 0.0645 e. The lowest BCUT2D eigenvalue weighted by Gasteiger charge is -2.31. The molecule has 0 amide bonds. The van der Waals surface area contributed by atoms with E-state index in [1.54, 1.807) is 0 Å². The molecule has 1 aliphatic rings. The van der Waals surface area contributed by atoms with Crippen LogP contribution in [0, 0.1) is 5.92 Å². The average molecular weight is 257 g/mol. The van der Waals surface area contributed by atoms with Gasteiger partial charge in [0.25, 0.3) is 0 Å². The Balaban J connectivity index is 1.51. The number of aliphatic hydroxyl groups excluding tert-OH is 1. The summed E-state index contributed by atoms with van der Waals surface area (Å²) in [5, 5.41) is 17.0. The molecule has 0 radical (unpaired) electrons. The Morgan fingerprint density at radius 2 is 2.05 bits per heavy atom. The zero-order chi connectivity index (χ0) is 13.1. The summed E-state index contributed by atoms with van der Waals surface area (Å²) in [7, 11) is 0. The second-order valence-corrected chi connectivity index (χ2v) is 5.25. The van der Waals surface area contributed by atoms with Crippen LogP contribution >= 0.6 is 0 Å². The molecule has 1 aliphatic carbocycles. The fourth-order valence-electron chi connectivity index (χ4n) is 2.46. The van der Waals surface area contributed by atoms with Gasteiger partial charge in [-0.15, -0.1) is 0 Å². The predicted octanol–water partition coefficient (Wildman–Crippen LogP) is 1.73. The highest BCUT2D eigenvalue weighted by Crippen LogP contribution is 2.26. The Hall–Kier alpha value is -1.65. The molecule has 1 fully saturated rings. The van der Waals surface area contributed by atoms with E-state index in [-0.39, 0.29) is 6.10 Å². The molecule has 3 rings (SSSR count). The SMILES string of the molecule is OC1CC(CNCc2cnn(-c3ccccc3)c2)C1. The summed E-state index contributed by atoms with van der Waals surface area (Å²) in [5.41, 5.74) is 2.26. The van der Waals surface area contributed by atoms with E-state index < -0.39 is 0 Å². The monoisotopic (exact) mass is 257 g/mol. The highest BCUT2D eigenvalue weighted by atomic mass is 16.3. The fourth-order valence-corrected chi connectivity index (χ4v) is 2.46. The Bertz CT molecular complexity index is 517. The van der Waals surface area contributed by atoms with Crippen molar-refractivity contribution in [2.24, 2.45) is 5.92 Å². The first-order valence-corrected chi connectivity index (χ1v) is 6.79. The summed E-state index contributed by atoms with van der Waals surface area (Å²) in [6.07, 6.45) is 5.77. The number of rotatable bonds is 5. The Morgan fingerprint density at radius 1 is 1.26 bits per heavy atom. The van der Waals surface area contributed by atoms with Crippen molar-refractivity contribution in [2.75, 3.05) is 6.54 Å². The van der Waals surface area contributed by atoms with Crippen LogP contribution in [0.4, 0.5) is 0 Å². The number of nitrogens with one attached hydrogen (secondary N) is 1. The summed E-state index contributed by atoms with van der Waals surface area (Å²) in [5.74, 6) is 0.638. The van der Waals surface area contributed by atoms with E-state index in [0.29, 0.717) is 5.92 Å². The number of hydrogen-bond donors (Lipinski definition) is 2. The number of nitrogens with zero attached hydrogens (tertiary/aromatic N) is 2. The zero-order valence-electron chi connectivity index (χ0n) is 10.9. The molecule has 19 heavy (non-hydrogen) atoms. The van der Waals surface area contributed by atoms with Gasteiger partial charge < -0.3 is 10.4 Å². The molecule has 1 heterocycles. The van der Waals surface area contributed by atoms with Crippen molar-refractivity contribution < 1.29 is 5.11 Å². The van der Waals surface area contributed by atoms with Gasteiger partial charge in [0, 0.05) is 18.3 Å². The van der Waals surface area contributed by atoms with E-state index in [9.17, 15) is 5.11 Å². The van der Waals surface area contributed by atoms with E-state index in [1.165, 1.54) is 5.56 Å². The number of para-hydroxylation sites is 1. The van der Waals surface area contributed by atoms with Gasteiger partial charge in [-0.2, -0.15) is 5.10 Å². The van der Waals surface area contributed by atoms with Crippen molar-refractivity contribution in [3.63, 3.8) is 0 Å². The molecule has 4 heteroatoms. The van der Waals surface area contributed by atoms with Gasteiger partial charge in [-0.3, -0.25) is 0 Å². The Kier molecular flexibility index (Phi) is 3.62. The van der Waals surface area contributed by atoms with Gasteiger partial charge in [0.05, 0.1) is 18.0 Å². The number of aliphatic hydroxyl groups is 1. The number of hydrogen-bond acceptors (Lipinski definition) is 3. The third kappa shape index (κ3) is 3.03. The first kappa shape index (κ1) is 12.4. The Morgan fingerprint density at radius 3 is 2.79 bits per heavy atom. The Labute approximate surface area is 113 Å². The first-order chi connectivity index (χ1) is 9.31. The second kappa shape index (κ2) is 5.55. The van der Waals surface area contributed by atoms with Gasteiger partial charge in [0.15, 0.2) is 0 Å². The third-order valence-electron chi connectivity index (χ3n) is 3.63. The molecular weight excluding hydrogens is 238 g/mol. The van der Waals surface area contributed by atoms with Crippen LogP contribution in [-0.2, 0) is 6.54 Å². The van der Waals surface area contributed by atoms with Crippen LogP contribution in [0.3, 0.4) is 0 Å². The van der Waals surface area contributed by atoms with Crippen LogP contribution in [0.15, 0.2) is 42.7 Å². The summed E-state index contributed by atoms with van der Waals surface area (Å²) in [6, 6.07) is 10.1. The van der Waals surface area contributed by atoms with Crippen LogP contribution in [-0.4, -0.2) is 27.5 Å². The molecule has 1 aromatic heterocycles. The van der Waals surface area contributed by atoms with Crippen molar-refractivity contribution in [2.45, 2.75) is 25.5 Å². The standard InChI is InChI=1S/C15H19N3O/c19-15-6-12(7-15)8-16-9-13-10-17-18(11-13)14-4-2-1-3-5-14/h1-5,10-12,15-16,19H,6-9H2. The highest BCUT2D eigenvalue weighted by Gasteiger charge is 2.26. The minimum absolute atomic E-state index is 0.0624. The predicted molar refractivity (Wildman–Crippen MR) is 74.0 cm³/mol. The van der Waals surface area contributed by atoms with E-state index >= 15 is 0 Å². The minimum atomic E-state index is -0.0624. The molecule has 0 spiro atoms. The van der Waals surface area contributed by atoms with Gasteiger partial charge in [0.2, 0.25) is 0 Å². The molecule has 2 N–H and O–H groups in total. The highest BCUT2D eigenvalue weighted by molar-refractivity contribution is 5.30. The molecular formula is C15H19N3O. The molecule has 0 aliphatic heterocycles. The van der Waals surface area contributed by atoms with Gasteiger partial charge in [-0.25, -0.2) is 4.68 Å². The van der Waals surface area contributed by atoms with Gasteiger partial charge >= 0.3 is 0 Å². The van der Waals surface area contributed by atoms with Crippen molar-refractivity contribution in [1.82, 2.24) is 15.1 Å². The third-order valence-corrected chi connectivity index (χ3v) is 3.63. The molecule has 0 unspecified atom stereocenters. The summed E-state index contributed by atoms with van der Waals surface area (Å²) < 4.78 is 1.89. The molecule has 1 aromatic carbocycles. The summed E-state index contributed by atoms with van der Waals surface area (Å²) in [4.78, 5) is 0. The molecule has 4 nitrogen and oxygen atoms in total. The summed E-state index contributed by atoms with van der Waals surface area (Å²) >= 11 is 0. The fraction of sp³-hybridized carbons (Fsp3) is 0.400. The van der Waals surface area contributed by atoms with E-state index in [1.807, 2.05) is 41.2 Å².